The van der Waals surface area contributed by atoms with E-state index in [4.69, 9.17) is 9.47 Å². The third-order valence-electron chi connectivity index (χ3n) is 2.02. The van der Waals surface area contributed by atoms with Crippen molar-refractivity contribution in [1.29, 1.82) is 0 Å². The van der Waals surface area contributed by atoms with Crippen LogP contribution in [-0.2, 0) is 9.47 Å². The van der Waals surface area contributed by atoms with Gasteiger partial charge in [-0.3, -0.25) is 0 Å². The van der Waals surface area contributed by atoms with E-state index >= 15 is 0 Å². The molecule has 0 radical (unpaired) electrons. The van der Waals surface area contributed by atoms with Gasteiger partial charge in [-0.15, -0.1) is 23.5 Å². The van der Waals surface area contributed by atoms with E-state index in [0.717, 1.165) is 24.2 Å². The van der Waals surface area contributed by atoms with Crippen molar-refractivity contribution < 1.29 is 9.47 Å². The number of ether oxygens (including phenoxy) is 2. The first-order valence-electron chi connectivity index (χ1n) is 4.41. The number of hydrogen-bond acceptors (Lipinski definition) is 4. The summed E-state index contributed by atoms with van der Waals surface area (Å²) in [6.07, 6.45) is 2.41. The predicted molar refractivity (Wildman–Crippen MR) is 53.6 cm³/mol. The van der Waals surface area contributed by atoms with Gasteiger partial charge in [-0.2, -0.15) is 0 Å². The van der Waals surface area contributed by atoms with Gasteiger partial charge in [0.05, 0.1) is 17.8 Å². The monoisotopic (exact) mass is 206 g/mol. The van der Waals surface area contributed by atoms with E-state index in [2.05, 4.69) is 23.5 Å². The van der Waals surface area contributed by atoms with Crippen LogP contribution < -0.4 is 0 Å². The van der Waals surface area contributed by atoms with E-state index in [1.807, 2.05) is 0 Å². The topological polar surface area (TPSA) is 18.5 Å². The van der Waals surface area contributed by atoms with E-state index in [9.17, 15) is 0 Å². The fraction of sp³-hybridized carbons (Fsp3) is 1.00. The summed E-state index contributed by atoms with van der Waals surface area (Å²) in [5, 5.41) is 0. The third kappa shape index (κ3) is 2.55. The molecule has 2 fully saturated rings. The maximum absolute atomic E-state index is 5.37. The summed E-state index contributed by atoms with van der Waals surface area (Å²) in [6, 6.07) is 0. The zero-order valence-electron chi connectivity index (χ0n) is 7.03. The zero-order chi connectivity index (χ0) is 8.23. The molecule has 0 N–H and O–H groups in total. The Morgan fingerprint density at radius 1 is 1.00 bits per heavy atom. The van der Waals surface area contributed by atoms with Crippen molar-refractivity contribution in [3.8, 4) is 0 Å². The molecular weight excluding hydrogens is 192 g/mol. The average molecular weight is 206 g/mol. The maximum atomic E-state index is 5.37. The normalized spacial score (nSPS) is 27.0. The van der Waals surface area contributed by atoms with Gasteiger partial charge in [0, 0.05) is 17.9 Å². The Morgan fingerprint density at radius 3 is 2.33 bits per heavy atom. The fourth-order valence-electron chi connectivity index (χ4n) is 1.42. The van der Waals surface area contributed by atoms with Crippen molar-refractivity contribution in [1.82, 2.24) is 0 Å². The molecule has 0 bridgehead atoms. The molecule has 4 heteroatoms. The molecule has 0 aromatic rings. The summed E-state index contributed by atoms with van der Waals surface area (Å²) < 4.78 is 11.5. The second-order valence-corrected chi connectivity index (χ2v) is 5.84. The molecule has 70 valence electrons. The molecule has 0 spiro atoms. The van der Waals surface area contributed by atoms with Gasteiger partial charge in [-0.05, 0) is 6.42 Å². The van der Waals surface area contributed by atoms with Crippen molar-refractivity contribution >= 4 is 23.5 Å². The Kier molecular flexibility index (Phi) is 3.63. The maximum Gasteiger partial charge on any atom is 0.157 e. The highest BCUT2D eigenvalue weighted by Gasteiger charge is 2.21. The Balaban J connectivity index is 1.60. The van der Waals surface area contributed by atoms with Crippen LogP contribution >= 0.6 is 23.5 Å². The Hall–Kier alpha value is 0.620. The molecule has 0 amide bonds. The summed E-state index contributed by atoms with van der Waals surface area (Å²) >= 11 is 4.16. The van der Waals surface area contributed by atoms with Crippen LogP contribution in [0.3, 0.4) is 0 Å². The highest BCUT2D eigenvalue weighted by atomic mass is 32.2. The van der Waals surface area contributed by atoms with Gasteiger partial charge >= 0.3 is 0 Å². The molecule has 2 rings (SSSR count). The lowest BCUT2D eigenvalue weighted by atomic mass is 10.3. The van der Waals surface area contributed by atoms with Crippen LogP contribution in [0.2, 0.25) is 0 Å². The lowest BCUT2D eigenvalue weighted by Crippen LogP contribution is -2.09. The molecule has 12 heavy (non-hydrogen) atoms. The molecule has 0 aromatic heterocycles. The van der Waals surface area contributed by atoms with E-state index in [0.29, 0.717) is 0 Å². The minimum atomic E-state index is 0.104. The third-order valence-corrected chi connectivity index (χ3v) is 5.19. The van der Waals surface area contributed by atoms with Crippen molar-refractivity contribution in [3.63, 3.8) is 0 Å². The second kappa shape index (κ2) is 4.74. The lowest BCUT2D eigenvalue weighted by Gasteiger charge is -2.11. The van der Waals surface area contributed by atoms with Crippen LogP contribution in [0.4, 0.5) is 0 Å². The van der Waals surface area contributed by atoms with Crippen LogP contribution in [0.5, 0.6) is 0 Å². The van der Waals surface area contributed by atoms with Crippen molar-refractivity contribution in [2.45, 2.75) is 23.7 Å². The molecule has 0 aliphatic carbocycles. The van der Waals surface area contributed by atoms with Gasteiger partial charge in [0.1, 0.15) is 0 Å². The predicted octanol–water partition coefficient (Wildman–Crippen LogP) is 1.95. The number of rotatable bonds is 3. The van der Waals surface area contributed by atoms with Crippen LogP contribution in [0.1, 0.15) is 12.8 Å². The van der Waals surface area contributed by atoms with Crippen molar-refractivity contribution in [2.24, 2.45) is 0 Å². The first-order valence-corrected chi connectivity index (χ1v) is 6.51. The SMILES string of the molecule is C1COC(CCC2SCCS2)O1. The zero-order valence-corrected chi connectivity index (χ0v) is 8.66. The highest BCUT2D eigenvalue weighted by Crippen LogP contribution is 2.35. The molecule has 0 atom stereocenters. The van der Waals surface area contributed by atoms with E-state index in [1.165, 1.54) is 17.9 Å². The van der Waals surface area contributed by atoms with E-state index < -0.39 is 0 Å². The molecule has 0 unspecified atom stereocenters. The largest absolute Gasteiger partial charge is 0.350 e. The molecule has 2 heterocycles. The first-order chi connectivity index (χ1) is 5.95. The molecule has 2 aliphatic rings. The second-order valence-electron chi connectivity index (χ2n) is 2.92. The summed E-state index contributed by atoms with van der Waals surface area (Å²) in [5.41, 5.74) is 0. The molecular formula is C8H14O2S2. The van der Waals surface area contributed by atoms with Gasteiger partial charge in [0.15, 0.2) is 6.29 Å². The van der Waals surface area contributed by atoms with Gasteiger partial charge in [0.2, 0.25) is 0 Å². The Labute approximate surface area is 81.8 Å². The molecule has 0 aromatic carbocycles. The Morgan fingerprint density at radius 2 is 1.67 bits per heavy atom. The summed E-state index contributed by atoms with van der Waals surface area (Å²) in [4.78, 5) is 0. The van der Waals surface area contributed by atoms with Gasteiger partial charge in [-0.25, -0.2) is 0 Å². The van der Waals surface area contributed by atoms with E-state index in [1.54, 1.807) is 0 Å². The summed E-state index contributed by atoms with van der Waals surface area (Å²) in [5.74, 6) is 2.64. The molecule has 2 nitrogen and oxygen atoms in total. The standard InChI is InChI=1S/C8H14O2S2/c1(7-9-3-4-10-7)2-8-11-5-6-12-8/h7-8H,1-6H2. The number of thioether (sulfide) groups is 2. The average Bonchev–Trinajstić information content (AvgIpc) is 2.74. The van der Waals surface area contributed by atoms with Gasteiger partial charge in [-0.1, -0.05) is 0 Å². The summed E-state index contributed by atoms with van der Waals surface area (Å²) in [7, 11) is 0. The molecule has 2 aliphatic heterocycles. The molecule has 2 saturated heterocycles. The van der Waals surface area contributed by atoms with Crippen LogP contribution in [0.15, 0.2) is 0 Å². The number of hydrogen-bond donors (Lipinski definition) is 0. The lowest BCUT2D eigenvalue weighted by molar-refractivity contribution is -0.0469. The minimum absolute atomic E-state index is 0.104. The van der Waals surface area contributed by atoms with Crippen molar-refractivity contribution in [2.75, 3.05) is 24.7 Å². The van der Waals surface area contributed by atoms with Gasteiger partial charge < -0.3 is 9.47 Å². The quantitative estimate of drug-likeness (QED) is 0.702. The highest BCUT2D eigenvalue weighted by molar-refractivity contribution is 8.20. The van der Waals surface area contributed by atoms with E-state index in [-0.39, 0.29) is 6.29 Å². The first kappa shape index (κ1) is 9.19. The molecule has 0 saturated carbocycles. The van der Waals surface area contributed by atoms with Gasteiger partial charge in [0.25, 0.3) is 0 Å². The van der Waals surface area contributed by atoms with Crippen LogP contribution in [0.25, 0.3) is 0 Å². The fourth-order valence-corrected chi connectivity index (χ4v) is 4.28. The minimum Gasteiger partial charge on any atom is -0.350 e. The van der Waals surface area contributed by atoms with Crippen molar-refractivity contribution in [3.05, 3.63) is 0 Å². The van der Waals surface area contributed by atoms with Crippen LogP contribution in [-0.4, -0.2) is 35.6 Å². The smallest absolute Gasteiger partial charge is 0.157 e. The van der Waals surface area contributed by atoms with Crippen LogP contribution in [0, 0.1) is 0 Å². The summed E-state index contributed by atoms with van der Waals surface area (Å²) in [6.45, 7) is 1.57. The Bertz CT molecular complexity index is 115.